The van der Waals surface area contributed by atoms with Crippen LogP contribution in [0, 0.1) is 5.41 Å². The molecule has 0 saturated heterocycles. The molecule has 88 valence electrons. The van der Waals surface area contributed by atoms with Crippen molar-refractivity contribution >= 4 is 5.97 Å². The van der Waals surface area contributed by atoms with Crippen LogP contribution in [0.4, 0.5) is 0 Å². The molecule has 1 aromatic heterocycles. The van der Waals surface area contributed by atoms with Crippen molar-refractivity contribution in [3.05, 3.63) is 30.6 Å². The minimum atomic E-state index is -0.682. The fraction of sp³-hybridized carbons (Fsp3) is 0.500. The van der Waals surface area contributed by atoms with Gasteiger partial charge in [-0.15, -0.1) is 6.58 Å². The molecule has 1 aromatic rings. The number of carbonyl (C=O) groups excluding carboxylic acids is 1. The van der Waals surface area contributed by atoms with Crippen LogP contribution in [0.1, 0.15) is 19.4 Å². The van der Waals surface area contributed by atoms with Crippen LogP contribution >= 0.6 is 0 Å². The molecule has 16 heavy (non-hydrogen) atoms. The van der Waals surface area contributed by atoms with Crippen LogP contribution in [0.5, 0.6) is 0 Å². The van der Waals surface area contributed by atoms with Gasteiger partial charge in [-0.3, -0.25) is 9.48 Å². The maximum absolute atomic E-state index is 11.8. The average Bonchev–Trinajstić information content (AvgIpc) is 2.64. The van der Waals surface area contributed by atoms with Crippen LogP contribution in [-0.2, 0) is 23.0 Å². The monoisotopic (exact) mass is 222 g/mol. The minimum absolute atomic E-state index is 0.242. The van der Waals surface area contributed by atoms with E-state index in [1.165, 1.54) is 0 Å². The first-order valence-electron chi connectivity index (χ1n) is 5.30. The van der Waals surface area contributed by atoms with Gasteiger partial charge in [-0.2, -0.15) is 5.10 Å². The van der Waals surface area contributed by atoms with Gasteiger partial charge in [-0.25, -0.2) is 0 Å². The third-order valence-corrected chi connectivity index (χ3v) is 2.52. The van der Waals surface area contributed by atoms with Crippen LogP contribution in [0.25, 0.3) is 0 Å². The van der Waals surface area contributed by atoms with Gasteiger partial charge in [0.25, 0.3) is 0 Å². The van der Waals surface area contributed by atoms with Crippen molar-refractivity contribution in [3.63, 3.8) is 0 Å². The van der Waals surface area contributed by atoms with Crippen molar-refractivity contribution in [2.45, 2.75) is 20.3 Å². The summed E-state index contributed by atoms with van der Waals surface area (Å²) in [5.74, 6) is -0.242. The average molecular weight is 222 g/mol. The molecule has 0 aliphatic heterocycles. The third-order valence-electron chi connectivity index (χ3n) is 2.52. The highest BCUT2D eigenvalue weighted by Crippen LogP contribution is 2.25. The lowest BCUT2D eigenvalue weighted by atomic mass is 9.85. The number of nitrogens with zero attached hydrogens (tertiary/aromatic N) is 2. The quantitative estimate of drug-likeness (QED) is 0.563. The summed E-state index contributed by atoms with van der Waals surface area (Å²) in [7, 11) is 1.85. The molecule has 1 heterocycles. The third kappa shape index (κ3) is 2.72. The summed E-state index contributed by atoms with van der Waals surface area (Å²) >= 11 is 0. The number of hydrogen-bond acceptors (Lipinski definition) is 3. The Hall–Kier alpha value is -1.58. The number of ether oxygens (including phenoxy) is 1. The Bertz CT molecular complexity index is 384. The fourth-order valence-corrected chi connectivity index (χ4v) is 1.51. The van der Waals surface area contributed by atoms with E-state index in [-0.39, 0.29) is 5.97 Å². The molecule has 0 radical (unpaired) electrons. The number of aryl methyl sites for hydroxylation is 1. The smallest absolute Gasteiger partial charge is 0.315 e. The molecule has 0 amide bonds. The zero-order chi connectivity index (χ0) is 12.2. The van der Waals surface area contributed by atoms with E-state index >= 15 is 0 Å². The van der Waals surface area contributed by atoms with Crippen LogP contribution in [0.15, 0.2) is 25.0 Å². The molecule has 0 aliphatic rings. The molecule has 0 N–H and O–H groups in total. The molecule has 0 fully saturated rings. The molecule has 0 saturated carbocycles. The predicted molar refractivity (Wildman–Crippen MR) is 61.8 cm³/mol. The van der Waals surface area contributed by atoms with Gasteiger partial charge in [0.1, 0.15) is 0 Å². The maximum Gasteiger partial charge on any atom is 0.315 e. The Kier molecular flexibility index (Phi) is 3.88. The molecule has 4 heteroatoms. The minimum Gasteiger partial charge on any atom is -0.465 e. The topological polar surface area (TPSA) is 44.1 Å². The van der Waals surface area contributed by atoms with Crippen LogP contribution in [0.2, 0.25) is 0 Å². The van der Waals surface area contributed by atoms with Crippen LogP contribution in [-0.4, -0.2) is 22.4 Å². The first-order valence-corrected chi connectivity index (χ1v) is 5.30. The first kappa shape index (κ1) is 12.5. The van der Waals surface area contributed by atoms with Crippen molar-refractivity contribution in [3.8, 4) is 0 Å². The molecule has 0 aliphatic carbocycles. The van der Waals surface area contributed by atoms with E-state index < -0.39 is 5.41 Å². The second-order valence-corrected chi connectivity index (χ2v) is 4.04. The first-order chi connectivity index (χ1) is 7.51. The van der Waals surface area contributed by atoms with Crippen molar-refractivity contribution < 1.29 is 9.53 Å². The number of esters is 1. The number of aromatic nitrogens is 2. The molecule has 4 nitrogen and oxygen atoms in total. The SMILES string of the molecule is C=CC(C)(Cc1cnn(C)c1)C(=O)OCC. The second-order valence-electron chi connectivity index (χ2n) is 4.04. The van der Waals surface area contributed by atoms with E-state index in [2.05, 4.69) is 11.7 Å². The lowest BCUT2D eigenvalue weighted by molar-refractivity contribution is -0.151. The molecular formula is C12H18N2O2. The second kappa shape index (κ2) is 4.96. The summed E-state index contributed by atoms with van der Waals surface area (Å²) in [6, 6.07) is 0. The van der Waals surface area contributed by atoms with Crippen molar-refractivity contribution in [2.75, 3.05) is 6.61 Å². The van der Waals surface area contributed by atoms with E-state index in [1.54, 1.807) is 23.9 Å². The van der Waals surface area contributed by atoms with E-state index in [0.29, 0.717) is 13.0 Å². The number of hydrogen-bond donors (Lipinski definition) is 0. The zero-order valence-corrected chi connectivity index (χ0v) is 10.1. The van der Waals surface area contributed by atoms with Gasteiger partial charge in [0.15, 0.2) is 0 Å². The normalized spacial score (nSPS) is 14.2. The predicted octanol–water partition coefficient (Wildman–Crippen LogP) is 1.72. The molecule has 1 unspecified atom stereocenters. The van der Waals surface area contributed by atoms with Gasteiger partial charge in [-0.1, -0.05) is 6.08 Å². The molecular weight excluding hydrogens is 204 g/mol. The van der Waals surface area contributed by atoms with Crippen LogP contribution in [0.3, 0.4) is 0 Å². The van der Waals surface area contributed by atoms with Crippen LogP contribution < -0.4 is 0 Å². The Morgan fingerprint density at radius 1 is 1.75 bits per heavy atom. The molecule has 1 rings (SSSR count). The van der Waals surface area contributed by atoms with Gasteiger partial charge in [0.05, 0.1) is 18.2 Å². The highest BCUT2D eigenvalue weighted by Gasteiger charge is 2.31. The largest absolute Gasteiger partial charge is 0.465 e. The van der Waals surface area contributed by atoms with Gasteiger partial charge in [-0.05, 0) is 25.8 Å². The van der Waals surface area contributed by atoms with Gasteiger partial charge in [0.2, 0.25) is 0 Å². The Balaban J connectivity index is 2.81. The molecule has 0 spiro atoms. The summed E-state index contributed by atoms with van der Waals surface area (Å²) < 4.78 is 6.75. The van der Waals surface area contributed by atoms with Crippen molar-refractivity contribution in [1.82, 2.24) is 9.78 Å². The maximum atomic E-state index is 11.8. The fourth-order valence-electron chi connectivity index (χ4n) is 1.51. The summed E-state index contributed by atoms with van der Waals surface area (Å²) in [5.41, 5.74) is 0.317. The Labute approximate surface area is 95.9 Å². The number of carbonyl (C=O) groups is 1. The van der Waals surface area contributed by atoms with E-state index in [1.807, 2.05) is 20.2 Å². The highest BCUT2D eigenvalue weighted by molar-refractivity contribution is 5.78. The lowest BCUT2D eigenvalue weighted by Gasteiger charge is -2.22. The Morgan fingerprint density at radius 2 is 2.44 bits per heavy atom. The van der Waals surface area contributed by atoms with E-state index in [9.17, 15) is 4.79 Å². The summed E-state index contributed by atoms with van der Waals surface area (Å²) in [6.45, 7) is 7.72. The Morgan fingerprint density at radius 3 is 2.88 bits per heavy atom. The van der Waals surface area contributed by atoms with Gasteiger partial charge in [0, 0.05) is 13.2 Å². The lowest BCUT2D eigenvalue weighted by Crippen LogP contribution is -2.30. The molecule has 1 atom stereocenters. The van der Waals surface area contributed by atoms with Gasteiger partial charge >= 0.3 is 5.97 Å². The molecule has 0 aromatic carbocycles. The standard InChI is InChI=1S/C12H18N2O2/c1-5-12(3,11(15)16-6-2)7-10-8-13-14(4)9-10/h5,8-9H,1,6-7H2,2-4H3. The molecule has 0 bridgehead atoms. The zero-order valence-electron chi connectivity index (χ0n) is 10.1. The van der Waals surface area contributed by atoms with Crippen molar-refractivity contribution in [2.24, 2.45) is 12.5 Å². The highest BCUT2D eigenvalue weighted by atomic mass is 16.5. The summed E-state index contributed by atoms with van der Waals surface area (Å²) in [4.78, 5) is 11.8. The van der Waals surface area contributed by atoms with Crippen molar-refractivity contribution in [1.29, 1.82) is 0 Å². The van der Waals surface area contributed by atoms with E-state index in [4.69, 9.17) is 4.74 Å². The van der Waals surface area contributed by atoms with E-state index in [0.717, 1.165) is 5.56 Å². The summed E-state index contributed by atoms with van der Waals surface area (Å²) in [5, 5.41) is 4.07. The van der Waals surface area contributed by atoms with Gasteiger partial charge < -0.3 is 4.74 Å². The number of rotatable bonds is 5. The summed E-state index contributed by atoms with van der Waals surface area (Å²) in [6.07, 6.45) is 5.84.